The maximum Gasteiger partial charge on any atom is 0.269 e. The largest absolute Gasteiger partial charge is 0.363 e. The van der Waals surface area contributed by atoms with Crippen LogP contribution in [-0.2, 0) is 5.33 Å². The smallest absolute Gasteiger partial charge is 0.269 e. The normalized spacial score (nSPS) is 10.8. The lowest BCUT2D eigenvalue weighted by Crippen LogP contribution is -2.14. The number of halogens is 4. The van der Waals surface area contributed by atoms with E-state index in [4.69, 9.17) is 0 Å². The zero-order valence-electron chi connectivity index (χ0n) is 6.28. The van der Waals surface area contributed by atoms with Crippen LogP contribution in [0.4, 0.5) is 8.78 Å². The van der Waals surface area contributed by atoms with Crippen LogP contribution >= 0.6 is 31.9 Å². The van der Waals surface area contributed by atoms with Gasteiger partial charge in [-0.15, -0.1) is 0 Å². The van der Waals surface area contributed by atoms with Crippen molar-refractivity contribution in [1.82, 2.24) is 4.98 Å². The van der Waals surface area contributed by atoms with Gasteiger partial charge in [-0.3, -0.25) is 4.79 Å². The second-order valence-corrected chi connectivity index (χ2v) is 3.71. The summed E-state index contributed by atoms with van der Waals surface area (Å²) in [4.78, 5) is 13.8. The Hall–Kier alpha value is -0.230. The molecule has 1 heterocycles. The van der Waals surface area contributed by atoms with Crippen LogP contribution in [0, 0.1) is 0 Å². The van der Waals surface area contributed by atoms with Gasteiger partial charge in [0.05, 0.1) is 10.0 Å². The first-order valence-corrected chi connectivity index (χ1v) is 5.23. The van der Waals surface area contributed by atoms with Crippen LogP contribution in [0.15, 0.2) is 15.5 Å². The summed E-state index contributed by atoms with van der Waals surface area (Å²) in [6.07, 6.45) is -1.40. The highest BCUT2D eigenvalue weighted by molar-refractivity contribution is 9.10. The summed E-state index contributed by atoms with van der Waals surface area (Å²) < 4.78 is 24.9. The average molecular weight is 317 g/mol. The highest BCUT2D eigenvalue weighted by Crippen LogP contribution is 2.21. The number of aromatic nitrogens is 1. The molecule has 13 heavy (non-hydrogen) atoms. The zero-order chi connectivity index (χ0) is 10.0. The summed E-state index contributed by atoms with van der Waals surface area (Å²) in [5.74, 6) is 0. The predicted octanol–water partition coefficient (Wildman–Crippen LogP) is 2.97. The third-order valence-corrected chi connectivity index (χ3v) is 2.66. The molecule has 0 aliphatic heterocycles. The summed E-state index contributed by atoms with van der Waals surface area (Å²) in [6, 6.07) is 0. The van der Waals surface area contributed by atoms with Crippen LogP contribution in [-0.4, -0.2) is 4.98 Å². The Kier molecular flexibility index (Phi) is 3.61. The highest BCUT2D eigenvalue weighted by atomic mass is 79.9. The molecule has 0 aromatic carbocycles. The molecule has 0 spiro atoms. The van der Waals surface area contributed by atoms with Crippen LogP contribution in [0.25, 0.3) is 0 Å². The van der Waals surface area contributed by atoms with Crippen molar-refractivity contribution in [1.29, 1.82) is 0 Å². The minimum atomic E-state index is -2.76. The van der Waals surface area contributed by atoms with Gasteiger partial charge in [0, 0.05) is 17.2 Å². The molecule has 2 nitrogen and oxygen atoms in total. The molecule has 0 unspecified atom stereocenters. The third-order valence-electron chi connectivity index (χ3n) is 1.51. The first-order chi connectivity index (χ1) is 6.07. The van der Waals surface area contributed by atoms with Gasteiger partial charge in [-0.2, -0.15) is 0 Å². The molecule has 72 valence electrons. The Balaban J connectivity index is 3.42. The Morgan fingerprint density at radius 3 is 2.62 bits per heavy atom. The van der Waals surface area contributed by atoms with Crippen LogP contribution < -0.4 is 5.43 Å². The Morgan fingerprint density at radius 2 is 2.15 bits per heavy atom. The van der Waals surface area contributed by atoms with Gasteiger partial charge in [0.2, 0.25) is 5.43 Å². The minimum absolute atomic E-state index is 0.118. The van der Waals surface area contributed by atoms with E-state index in [1.807, 2.05) is 0 Å². The molecule has 1 aromatic heterocycles. The van der Waals surface area contributed by atoms with Crippen LogP contribution in [0.2, 0.25) is 0 Å². The first kappa shape index (κ1) is 10.8. The fraction of sp³-hybridized carbons (Fsp3) is 0.286. The molecule has 0 bridgehead atoms. The standard InChI is InChI=1S/C7H5Br2F2NO/c8-1-4-5(7(10)11)6(13)3(9)2-12-4/h2,7H,1H2,(H,12,13). The van der Waals surface area contributed by atoms with Crippen molar-refractivity contribution in [3.63, 3.8) is 0 Å². The van der Waals surface area contributed by atoms with Crippen molar-refractivity contribution >= 4 is 31.9 Å². The van der Waals surface area contributed by atoms with Crippen molar-refractivity contribution in [2.24, 2.45) is 0 Å². The lowest BCUT2D eigenvalue weighted by Gasteiger charge is -2.05. The fourth-order valence-electron chi connectivity index (χ4n) is 0.901. The number of H-pyrrole nitrogens is 1. The predicted molar refractivity (Wildman–Crippen MR) is 52.4 cm³/mol. The van der Waals surface area contributed by atoms with E-state index in [0.717, 1.165) is 0 Å². The second kappa shape index (κ2) is 4.32. The van der Waals surface area contributed by atoms with Crippen molar-refractivity contribution in [2.45, 2.75) is 11.8 Å². The van der Waals surface area contributed by atoms with Gasteiger partial charge in [-0.1, -0.05) is 15.9 Å². The number of aromatic amines is 1. The van der Waals surface area contributed by atoms with Gasteiger partial charge in [0.15, 0.2) is 0 Å². The Morgan fingerprint density at radius 1 is 1.54 bits per heavy atom. The lowest BCUT2D eigenvalue weighted by atomic mass is 10.2. The lowest BCUT2D eigenvalue weighted by molar-refractivity contribution is 0.148. The number of alkyl halides is 3. The van der Waals surface area contributed by atoms with E-state index in [9.17, 15) is 13.6 Å². The average Bonchev–Trinajstić information content (AvgIpc) is 2.08. The number of rotatable bonds is 2. The summed E-state index contributed by atoms with van der Waals surface area (Å²) in [6.45, 7) is 0. The topological polar surface area (TPSA) is 32.9 Å². The summed E-state index contributed by atoms with van der Waals surface area (Å²) in [7, 11) is 0. The molecule has 1 N–H and O–H groups in total. The second-order valence-electron chi connectivity index (χ2n) is 2.29. The molecule has 0 saturated carbocycles. The molecule has 1 aromatic rings. The SMILES string of the molecule is O=c1c(Br)c[nH]c(CBr)c1C(F)F. The van der Waals surface area contributed by atoms with Crippen molar-refractivity contribution < 1.29 is 8.78 Å². The number of pyridine rings is 1. The summed E-state index contributed by atoms with van der Waals surface area (Å²) >= 11 is 5.90. The van der Waals surface area contributed by atoms with E-state index < -0.39 is 17.4 Å². The van der Waals surface area contributed by atoms with E-state index in [2.05, 4.69) is 36.8 Å². The molecule has 0 saturated heterocycles. The number of hydrogen-bond acceptors (Lipinski definition) is 1. The maximum atomic E-state index is 12.4. The van der Waals surface area contributed by atoms with E-state index >= 15 is 0 Å². The molecule has 0 aliphatic rings. The molecule has 1 rings (SSSR count). The van der Waals surface area contributed by atoms with Gasteiger partial charge in [-0.05, 0) is 15.9 Å². The highest BCUT2D eigenvalue weighted by Gasteiger charge is 2.18. The van der Waals surface area contributed by atoms with Gasteiger partial charge in [0.1, 0.15) is 0 Å². The van der Waals surface area contributed by atoms with Crippen molar-refractivity contribution in [3.05, 3.63) is 32.2 Å². The molecule has 0 radical (unpaired) electrons. The van der Waals surface area contributed by atoms with Gasteiger partial charge in [0.25, 0.3) is 6.43 Å². The van der Waals surface area contributed by atoms with Gasteiger partial charge in [-0.25, -0.2) is 8.78 Å². The fourth-order valence-corrected chi connectivity index (χ4v) is 1.69. The van der Waals surface area contributed by atoms with Crippen LogP contribution in [0.5, 0.6) is 0 Å². The van der Waals surface area contributed by atoms with E-state index in [0.29, 0.717) is 0 Å². The first-order valence-electron chi connectivity index (χ1n) is 3.32. The van der Waals surface area contributed by atoms with Crippen LogP contribution in [0.3, 0.4) is 0 Å². The monoisotopic (exact) mass is 315 g/mol. The minimum Gasteiger partial charge on any atom is -0.363 e. The molecular formula is C7H5Br2F2NO. The Labute approximate surface area is 89.6 Å². The molecular weight excluding hydrogens is 312 g/mol. The van der Waals surface area contributed by atoms with Gasteiger partial charge >= 0.3 is 0 Å². The Bertz CT molecular complexity index is 364. The molecule has 0 amide bonds. The summed E-state index contributed by atoms with van der Waals surface area (Å²) in [5, 5.41) is 0.204. The third kappa shape index (κ3) is 2.17. The maximum absolute atomic E-state index is 12.4. The molecule has 0 atom stereocenters. The van der Waals surface area contributed by atoms with Crippen molar-refractivity contribution in [2.75, 3.05) is 0 Å². The molecule has 6 heteroatoms. The van der Waals surface area contributed by atoms with E-state index in [1.54, 1.807) is 0 Å². The van der Waals surface area contributed by atoms with E-state index in [-0.39, 0.29) is 15.5 Å². The molecule has 0 fully saturated rings. The quantitative estimate of drug-likeness (QED) is 0.836. The molecule has 0 aliphatic carbocycles. The van der Waals surface area contributed by atoms with E-state index in [1.165, 1.54) is 6.20 Å². The zero-order valence-corrected chi connectivity index (χ0v) is 9.45. The summed E-state index contributed by atoms with van der Waals surface area (Å²) in [5.41, 5.74) is -0.933. The van der Waals surface area contributed by atoms with Crippen LogP contribution in [0.1, 0.15) is 17.7 Å². The van der Waals surface area contributed by atoms with Gasteiger partial charge < -0.3 is 4.98 Å². The number of hydrogen-bond donors (Lipinski definition) is 1. The van der Waals surface area contributed by atoms with Crippen molar-refractivity contribution in [3.8, 4) is 0 Å². The number of nitrogens with one attached hydrogen (secondary N) is 1.